The van der Waals surface area contributed by atoms with Crippen LogP contribution >= 0.6 is 0 Å². The molecule has 0 N–H and O–H groups in total. The number of rotatable bonds is 8. The average molecular weight is 331 g/mol. The number of carbonyl (C=O) groups is 1. The number of carbonyl (C=O) groups excluding carboxylic acids is 1. The van der Waals surface area contributed by atoms with Gasteiger partial charge in [-0.15, -0.1) is 0 Å². The topological polar surface area (TPSA) is 65.8 Å². The number of morpholine rings is 1. The maximum atomic E-state index is 12.4. The highest BCUT2D eigenvalue weighted by Gasteiger charge is 2.17. The van der Waals surface area contributed by atoms with Crippen LogP contribution in [0.3, 0.4) is 0 Å². The molecule has 1 heterocycles. The van der Waals surface area contributed by atoms with E-state index in [1.807, 2.05) is 31.2 Å². The standard InChI is InChI=1S/C18H25N3O3/c1-16-4-2-5-17(14-16)24-15-18(22)21(7-3-6-19)9-8-20-10-12-23-13-11-20/h2,4-5,14H,3,7-13,15H2,1H3. The Morgan fingerprint density at radius 2 is 2.17 bits per heavy atom. The molecule has 1 aromatic carbocycles. The number of aryl methyl sites for hydroxylation is 1. The van der Waals surface area contributed by atoms with Crippen molar-refractivity contribution in [2.24, 2.45) is 0 Å². The Morgan fingerprint density at radius 3 is 2.88 bits per heavy atom. The van der Waals surface area contributed by atoms with E-state index in [2.05, 4.69) is 11.0 Å². The Kier molecular flexibility index (Phi) is 7.53. The highest BCUT2D eigenvalue weighted by atomic mass is 16.5. The van der Waals surface area contributed by atoms with E-state index in [1.54, 1.807) is 4.90 Å². The zero-order chi connectivity index (χ0) is 17.2. The summed E-state index contributed by atoms with van der Waals surface area (Å²) in [5.74, 6) is 0.608. The minimum atomic E-state index is -0.0833. The van der Waals surface area contributed by atoms with Crippen LogP contribution in [0.5, 0.6) is 5.75 Å². The van der Waals surface area contributed by atoms with E-state index in [0.29, 0.717) is 25.3 Å². The van der Waals surface area contributed by atoms with Gasteiger partial charge >= 0.3 is 0 Å². The summed E-state index contributed by atoms with van der Waals surface area (Å²) in [6, 6.07) is 9.73. The molecule has 0 radical (unpaired) electrons. The number of benzene rings is 1. The van der Waals surface area contributed by atoms with Gasteiger partial charge in [-0.3, -0.25) is 9.69 Å². The summed E-state index contributed by atoms with van der Waals surface area (Å²) in [7, 11) is 0. The first-order valence-corrected chi connectivity index (χ1v) is 8.33. The summed E-state index contributed by atoms with van der Waals surface area (Å²) in [5.41, 5.74) is 1.09. The van der Waals surface area contributed by atoms with Crippen LogP contribution in [-0.2, 0) is 9.53 Å². The fourth-order valence-electron chi connectivity index (χ4n) is 2.57. The Labute approximate surface area is 143 Å². The predicted octanol–water partition coefficient (Wildman–Crippen LogP) is 1.45. The molecule has 1 amide bonds. The largest absolute Gasteiger partial charge is 0.484 e. The predicted molar refractivity (Wildman–Crippen MR) is 90.7 cm³/mol. The third-order valence-electron chi connectivity index (χ3n) is 3.99. The summed E-state index contributed by atoms with van der Waals surface area (Å²) in [4.78, 5) is 16.4. The third kappa shape index (κ3) is 6.19. The van der Waals surface area contributed by atoms with Crippen molar-refractivity contribution < 1.29 is 14.3 Å². The van der Waals surface area contributed by atoms with Gasteiger partial charge < -0.3 is 14.4 Å². The normalized spacial score (nSPS) is 14.8. The van der Waals surface area contributed by atoms with E-state index in [9.17, 15) is 4.79 Å². The van der Waals surface area contributed by atoms with Gasteiger partial charge in [0.2, 0.25) is 0 Å². The average Bonchev–Trinajstić information content (AvgIpc) is 2.61. The van der Waals surface area contributed by atoms with Crippen molar-refractivity contribution in [3.05, 3.63) is 29.8 Å². The van der Waals surface area contributed by atoms with Crippen LogP contribution in [0.4, 0.5) is 0 Å². The molecule has 6 heteroatoms. The smallest absolute Gasteiger partial charge is 0.260 e. The van der Waals surface area contributed by atoms with Gasteiger partial charge in [0.05, 0.1) is 25.7 Å². The van der Waals surface area contributed by atoms with E-state index < -0.39 is 0 Å². The number of ether oxygens (including phenoxy) is 2. The zero-order valence-corrected chi connectivity index (χ0v) is 14.2. The van der Waals surface area contributed by atoms with E-state index in [4.69, 9.17) is 14.7 Å². The Balaban J connectivity index is 1.83. The number of hydrogen-bond acceptors (Lipinski definition) is 5. The summed E-state index contributed by atoms with van der Waals surface area (Å²) < 4.78 is 10.9. The highest BCUT2D eigenvalue weighted by Crippen LogP contribution is 2.12. The molecule has 1 aromatic rings. The SMILES string of the molecule is Cc1cccc(OCC(=O)N(CCC#N)CCN2CCOCC2)c1. The fourth-order valence-corrected chi connectivity index (χ4v) is 2.57. The van der Waals surface area contributed by atoms with Crippen LogP contribution in [0.1, 0.15) is 12.0 Å². The maximum absolute atomic E-state index is 12.4. The second-order valence-corrected chi connectivity index (χ2v) is 5.85. The molecule has 0 aromatic heterocycles. The van der Waals surface area contributed by atoms with Gasteiger partial charge in [0.25, 0.3) is 5.91 Å². The van der Waals surface area contributed by atoms with E-state index >= 15 is 0 Å². The van der Waals surface area contributed by atoms with Crippen LogP contribution in [0.15, 0.2) is 24.3 Å². The second kappa shape index (κ2) is 9.91. The van der Waals surface area contributed by atoms with Crippen molar-refractivity contribution in [1.29, 1.82) is 5.26 Å². The van der Waals surface area contributed by atoms with Crippen LogP contribution < -0.4 is 4.74 Å². The van der Waals surface area contributed by atoms with E-state index in [-0.39, 0.29) is 12.5 Å². The fraction of sp³-hybridized carbons (Fsp3) is 0.556. The summed E-state index contributed by atoms with van der Waals surface area (Å²) in [6.45, 7) is 7.08. The number of hydrogen-bond donors (Lipinski definition) is 0. The first-order valence-electron chi connectivity index (χ1n) is 8.33. The molecule has 0 spiro atoms. The Bertz CT molecular complexity index is 565. The molecule has 6 nitrogen and oxygen atoms in total. The van der Waals surface area contributed by atoms with Crippen molar-refractivity contribution >= 4 is 5.91 Å². The van der Waals surface area contributed by atoms with Gasteiger partial charge in [-0.1, -0.05) is 12.1 Å². The molecule has 0 aliphatic carbocycles. The summed E-state index contributed by atoms with van der Waals surface area (Å²) >= 11 is 0. The van der Waals surface area contributed by atoms with Gasteiger partial charge in [0.1, 0.15) is 5.75 Å². The molecule has 1 fully saturated rings. The quantitative estimate of drug-likeness (QED) is 0.721. The van der Waals surface area contributed by atoms with Gasteiger partial charge in [-0.2, -0.15) is 5.26 Å². The molecule has 0 unspecified atom stereocenters. The molecular weight excluding hydrogens is 306 g/mol. The lowest BCUT2D eigenvalue weighted by molar-refractivity contribution is -0.133. The van der Waals surface area contributed by atoms with Crippen molar-refractivity contribution in [1.82, 2.24) is 9.80 Å². The number of nitrogens with zero attached hydrogens (tertiary/aromatic N) is 3. The van der Waals surface area contributed by atoms with Crippen LogP contribution in [0.2, 0.25) is 0 Å². The molecule has 0 bridgehead atoms. The molecule has 1 saturated heterocycles. The minimum absolute atomic E-state index is 0.00199. The van der Waals surface area contributed by atoms with Gasteiger partial charge in [0, 0.05) is 32.7 Å². The lowest BCUT2D eigenvalue weighted by Crippen LogP contribution is -2.44. The van der Waals surface area contributed by atoms with E-state index in [0.717, 1.165) is 38.4 Å². The number of amides is 1. The van der Waals surface area contributed by atoms with Crippen LogP contribution in [0, 0.1) is 18.3 Å². The zero-order valence-electron chi connectivity index (χ0n) is 14.2. The third-order valence-corrected chi connectivity index (χ3v) is 3.99. The van der Waals surface area contributed by atoms with Crippen molar-refractivity contribution in [3.63, 3.8) is 0 Å². The summed E-state index contributed by atoms with van der Waals surface area (Å²) in [6.07, 6.45) is 0.333. The monoisotopic (exact) mass is 331 g/mol. The van der Waals surface area contributed by atoms with Gasteiger partial charge in [-0.25, -0.2) is 0 Å². The molecule has 2 rings (SSSR count). The van der Waals surface area contributed by atoms with Crippen molar-refractivity contribution in [3.8, 4) is 11.8 Å². The molecule has 0 saturated carbocycles. The lowest BCUT2D eigenvalue weighted by atomic mass is 10.2. The Morgan fingerprint density at radius 1 is 1.38 bits per heavy atom. The molecule has 1 aliphatic heterocycles. The van der Waals surface area contributed by atoms with Crippen molar-refractivity contribution in [2.75, 3.05) is 52.5 Å². The number of nitriles is 1. The minimum Gasteiger partial charge on any atom is -0.484 e. The van der Waals surface area contributed by atoms with Crippen LogP contribution in [0.25, 0.3) is 0 Å². The van der Waals surface area contributed by atoms with E-state index in [1.165, 1.54) is 0 Å². The first kappa shape index (κ1) is 18.2. The maximum Gasteiger partial charge on any atom is 0.260 e. The van der Waals surface area contributed by atoms with Gasteiger partial charge in [0.15, 0.2) is 6.61 Å². The molecule has 24 heavy (non-hydrogen) atoms. The lowest BCUT2D eigenvalue weighted by Gasteiger charge is -2.29. The molecule has 1 aliphatic rings. The van der Waals surface area contributed by atoms with Crippen LogP contribution in [-0.4, -0.2) is 68.3 Å². The van der Waals surface area contributed by atoms with Crippen molar-refractivity contribution in [2.45, 2.75) is 13.3 Å². The van der Waals surface area contributed by atoms with Gasteiger partial charge in [-0.05, 0) is 24.6 Å². The molecule has 130 valence electrons. The molecular formula is C18H25N3O3. The first-order chi connectivity index (χ1) is 11.7. The Hall–Kier alpha value is -2.10. The molecule has 0 atom stereocenters. The highest BCUT2D eigenvalue weighted by molar-refractivity contribution is 5.77. The second-order valence-electron chi connectivity index (χ2n) is 5.85. The summed E-state index contributed by atoms with van der Waals surface area (Å²) in [5, 5.41) is 8.81.